The van der Waals surface area contributed by atoms with Gasteiger partial charge in [0.1, 0.15) is 6.61 Å². The second-order valence-corrected chi connectivity index (χ2v) is 14.4. The number of halogens is 15. The molecule has 1 nitrogen and oxygen atoms in total. The van der Waals surface area contributed by atoms with Crippen molar-refractivity contribution < 1.29 is 57.4 Å². The van der Waals surface area contributed by atoms with Crippen LogP contribution in [0.3, 0.4) is 0 Å². The zero-order valence-corrected chi connectivity index (χ0v) is 15.8. The molecule has 0 bridgehead atoms. The molecular formula is C10H9Cl3F12OSi. The molecule has 0 aliphatic heterocycles. The fraction of sp³-hybridized carbons (Fsp3) is 1.00. The predicted octanol–water partition coefficient (Wildman–Crippen LogP) is 6.49. The molecule has 0 fully saturated rings. The minimum Gasteiger partial charge on any atom is -0.375 e. The molecule has 0 aromatic heterocycles. The van der Waals surface area contributed by atoms with Gasteiger partial charge in [-0.15, -0.1) is 33.2 Å². The highest BCUT2D eigenvalue weighted by Gasteiger charge is 2.87. The Morgan fingerprint density at radius 2 is 1.19 bits per heavy atom. The zero-order chi connectivity index (χ0) is 22.1. The minimum atomic E-state index is -7.56. The van der Waals surface area contributed by atoms with Crippen molar-refractivity contribution in [3.63, 3.8) is 0 Å². The summed E-state index contributed by atoms with van der Waals surface area (Å²) < 4.78 is 158. The molecule has 17 heteroatoms. The van der Waals surface area contributed by atoms with Gasteiger partial charge in [0.05, 0.1) is 0 Å². The van der Waals surface area contributed by atoms with Crippen molar-refractivity contribution in [2.75, 3.05) is 13.2 Å². The fourth-order valence-electron chi connectivity index (χ4n) is 1.44. The SMILES string of the molecule is FC(F)C(F)(F)C(F)(F)C(F)(F)C(F)(F)C(F)(F)COCCC[Si](Cl)(Cl)Cl. The summed E-state index contributed by atoms with van der Waals surface area (Å²) in [4.78, 5) is 0. The zero-order valence-electron chi connectivity index (χ0n) is 12.5. The summed E-state index contributed by atoms with van der Waals surface area (Å²) in [6.07, 6.45) is -5.86. The normalized spacial score (nSPS) is 15.6. The molecule has 0 atom stereocenters. The Morgan fingerprint density at radius 3 is 1.56 bits per heavy atom. The lowest BCUT2D eigenvalue weighted by Crippen LogP contribution is -2.69. The highest BCUT2D eigenvalue weighted by molar-refractivity contribution is 7.64. The Labute approximate surface area is 159 Å². The smallest absolute Gasteiger partial charge is 0.375 e. The molecule has 164 valence electrons. The van der Waals surface area contributed by atoms with E-state index in [4.69, 9.17) is 33.2 Å². The van der Waals surface area contributed by atoms with Gasteiger partial charge < -0.3 is 4.74 Å². The van der Waals surface area contributed by atoms with E-state index in [0.29, 0.717) is 0 Å². The van der Waals surface area contributed by atoms with Crippen LogP contribution >= 0.6 is 33.2 Å². The standard InChI is InChI=1S/C10H9Cl3F12OSi/c11-27(12,13)3-1-2-26-4-6(16,17)8(20,21)10(24,25)9(22,23)7(18,19)5(14)15/h5H,1-4H2. The summed E-state index contributed by atoms with van der Waals surface area (Å²) in [5.74, 6) is -35.4. The van der Waals surface area contributed by atoms with Crippen molar-refractivity contribution in [2.24, 2.45) is 0 Å². The third-order valence-corrected chi connectivity index (χ3v) is 5.59. The molecule has 0 rings (SSSR count). The quantitative estimate of drug-likeness (QED) is 0.134. The van der Waals surface area contributed by atoms with Crippen LogP contribution in [0.5, 0.6) is 0 Å². The van der Waals surface area contributed by atoms with Gasteiger partial charge >= 0.3 is 42.0 Å². The molecule has 0 aliphatic carbocycles. The van der Waals surface area contributed by atoms with Crippen molar-refractivity contribution in [2.45, 2.75) is 48.5 Å². The van der Waals surface area contributed by atoms with Gasteiger partial charge in [-0.25, -0.2) is 8.78 Å². The Hall–Kier alpha value is 0.207. The van der Waals surface area contributed by atoms with Crippen LogP contribution in [0, 0.1) is 0 Å². The molecule has 0 aromatic carbocycles. The topological polar surface area (TPSA) is 9.23 Å². The van der Waals surface area contributed by atoms with Crippen molar-refractivity contribution >= 4 is 39.2 Å². The van der Waals surface area contributed by atoms with Crippen LogP contribution in [0.2, 0.25) is 6.04 Å². The van der Waals surface area contributed by atoms with Crippen LogP contribution in [0.15, 0.2) is 0 Å². The second-order valence-electron chi connectivity index (χ2n) is 5.12. The van der Waals surface area contributed by atoms with Gasteiger partial charge in [-0.3, -0.25) is 0 Å². The largest absolute Gasteiger partial charge is 0.384 e. The number of rotatable bonds is 11. The third kappa shape index (κ3) is 5.63. The van der Waals surface area contributed by atoms with Gasteiger partial charge in [-0.1, -0.05) is 0 Å². The van der Waals surface area contributed by atoms with Gasteiger partial charge in [0.2, 0.25) is 0 Å². The summed E-state index contributed by atoms with van der Waals surface area (Å²) in [6.45, 7) is -3.48. The van der Waals surface area contributed by atoms with Crippen LogP contribution in [0.1, 0.15) is 6.42 Å². The van der Waals surface area contributed by atoms with Crippen LogP contribution < -0.4 is 0 Å². The molecule has 0 saturated heterocycles. The maximum atomic E-state index is 13.3. The van der Waals surface area contributed by atoms with Crippen LogP contribution in [-0.4, -0.2) is 55.3 Å². The van der Waals surface area contributed by atoms with E-state index in [-0.39, 0.29) is 12.5 Å². The van der Waals surface area contributed by atoms with Crippen LogP contribution in [0.25, 0.3) is 0 Å². The van der Waals surface area contributed by atoms with E-state index in [9.17, 15) is 52.7 Å². The Balaban J connectivity index is 5.37. The summed E-state index contributed by atoms with van der Waals surface area (Å²) in [7, 11) is 0. The molecule has 0 amide bonds. The molecule has 0 spiro atoms. The van der Waals surface area contributed by atoms with Gasteiger partial charge in [0, 0.05) is 6.61 Å². The maximum Gasteiger partial charge on any atom is 0.384 e. The first-order chi connectivity index (χ1) is 11.7. The molecule has 0 aliphatic rings. The van der Waals surface area contributed by atoms with E-state index in [2.05, 4.69) is 4.74 Å². The molecule has 0 saturated carbocycles. The van der Waals surface area contributed by atoms with Crippen LogP contribution in [0.4, 0.5) is 52.7 Å². The Morgan fingerprint density at radius 1 is 0.741 bits per heavy atom. The van der Waals surface area contributed by atoms with E-state index < -0.39 is 55.3 Å². The van der Waals surface area contributed by atoms with Crippen molar-refractivity contribution in [3.05, 3.63) is 0 Å². The average molecular weight is 508 g/mol. The number of ether oxygens (including phenoxy) is 1. The Kier molecular flexibility index (Phi) is 8.59. The third-order valence-electron chi connectivity index (χ3n) is 2.97. The summed E-state index contributed by atoms with van der Waals surface area (Å²) >= 11 is 16.2. The second kappa shape index (κ2) is 8.52. The number of hydrogen-bond acceptors (Lipinski definition) is 1. The molecule has 0 heterocycles. The fourth-order valence-corrected chi connectivity index (χ4v) is 3.19. The molecular weight excluding hydrogens is 499 g/mol. The predicted molar refractivity (Wildman–Crippen MR) is 74.3 cm³/mol. The van der Waals surface area contributed by atoms with E-state index in [0.717, 1.165) is 0 Å². The van der Waals surface area contributed by atoms with E-state index >= 15 is 0 Å². The van der Waals surface area contributed by atoms with Crippen molar-refractivity contribution in [3.8, 4) is 0 Å². The highest BCUT2D eigenvalue weighted by atomic mass is 35.8. The minimum absolute atomic E-state index is 0.228. The summed E-state index contributed by atoms with van der Waals surface area (Å²) in [5.41, 5.74) is 0. The van der Waals surface area contributed by atoms with Gasteiger partial charge in [0.15, 0.2) is 0 Å². The first kappa shape index (κ1) is 27.2. The lowest BCUT2D eigenvalue weighted by Gasteiger charge is -2.39. The number of alkyl halides is 12. The first-order valence-electron chi connectivity index (χ1n) is 6.47. The van der Waals surface area contributed by atoms with Crippen molar-refractivity contribution in [1.29, 1.82) is 0 Å². The summed E-state index contributed by atoms with van der Waals surface area (Å²) in [6, 6.07) is -3.48. The monoisotopic (exact) mass is 506 g/mol. The van der Waals surface area contributed by atoms with E-state index in [1.807, 2.05) is 0 Å². The molecule has 0 unspecified atom stereocenters. The van der Waals surface area contributed by atoms with Crippen LogP contribution in [-0.2, 0) is 4.74 Å². The molecule has 0 N–H and O–H groups in total. The lowest BCUT2D eigenvalue weighted by atomic mass is 9.94. The molecule has 0 radical (unpaired) electrons. The summed E-state index contributed by atoms with van der Waals surface area (Å²) in [5, 5.41) is 0. The van der Waals surface area contributed by atoms with Crippen molar-refractivity contribution in [1.82, 2.24) is 0 Å². The van der Waals surface area contributed by atoms with E-state index in [1.54, 1.807) is 0 Å². The van der Waals surface area contributed by atoms with Gasteiger partial charge in [0.25, 0.3) is 0 Å². The van der Waals surface area contributed by atoms with E-state index in [1.165, 1.54) is 0 Å². The molecule has 27 heavy (non-hydrogen) atoms. The maximum absolute atomic E-state index is 13.3. The van der Waals surface area contributed by atoms with Gasteiger partial charge in [-0.2, -0.15) is 43.9 Å². The highest BCUT2D eigenvalue weighted by Crippen LogP contribution is 2.58. The number of hydrogen-bond donors (Lipinski definition) is 0. The Bertz CT molecular complexity index is 496. The average Bonchev–Trinajstić information content (AvgIpc) is 2.44. The molecule has 0 aromatic rings. The van der Waals surface area contributed by atoms with Gasteiger partial charge in [-0.05, 0) is 12.5 Å². The first-order valence-corrected chi connectivity index (χ1v) is 11.7. The lowest BCUT2D eigenvalue weighted by molar-refractivity contribution is -0.415.